The molecule has 0 atom stereocenters. The van der Waals surface area contributed by atoms with Crippen molar-refractivity contribution in [2.24, 2.45) is 0 Å². The van der Waals surface area contributed by atoms with Gasteiger partial charge in [0.05, 0.1) is 18.2 Å². The number of imide groups is 1. The standard InChI is InChI=1S/C13H13N3O2/c1-13(2)11(17)16(12(18)15-13)8-10-6-4-3-5-9(10)7-14/h3-6H,8H2,1-2H3,(H,15,18). The SMILES string of the molecule is CC1(C)NC(=O)N(Cc2ccccc2C#N)C1=O. The van der Waals surface area contributed by atoms with Crippen LogP contribution < -0.4 is 5.32 Å². The summed E-state index contributed by atoms with van der Waals surface area (Å²) in [6.07, 6.45) is 0. The maximum Gasteiger partial charge on any atom is 0.325 e. The summed E-state index contributed by atoms with van der Waals surface area (Å²) in [6.45, 7) is 3.44. The van der Waals surface area contributed by atoms with Crippen LogP contribution in [0.3, 0.4) is 0 Å². The van der Waals surface area contributed by atoms with Crippen molar-refractivity contribution in [3.05, 3.63) is 35.4 Å². The molecule has 5 nitrogen and oxygen atoms in total. The van der Waals surface area contributed by atoms with Crippen LogP contribution in [0.4, 0.5) is 4.79 Å². The summed E-state index contributed by atoms with van der Waals surface area (Å²) in [4.78, 5) is 24.9. The fraction of sp³-hybridized carbons (Fsp3) is 0.308. The Morgan fingerprint density at radius 2 is 2.00 bits per heavy atom. The molecule has 1 aliphatic heterocycles. The zero-order chi connectivity index (χ0) is 13.3. The van der Waals surface area contributed by atoms with Gasteiger partial charge >= 0.3 is 6.03 Å². The second-order valence-corrected chi connectivity index (χ2v) is 4.72. The predicted molar refractivity (Wildman–Crippen MR) is 64.3 cm³/mol. The van der Waals surface area contributed by atoms with Gasteiger partial charge in [-0.3, -0.25) is 9.69 Å². The molecule has 0 saturated carbocycles. The number of nitriles is 1. The lowest BCUT2D eigenvalue weighted by Crippen LogP contribution is -2.40. The fourth-order valence-corrected chi connectivity index (χ4v) is 1.90. The number of carbonyl (C=O) groups excluding carboxylic acids is 2. The van der Waals surface area contributed by atoms with Crippen molar-refractivity contribution in [1.82, 2.24) is 10.2 Å². The van der Waals surface area contributed by atoms with Crippen LogP contribution in [0.1, 0.15) is 25.0 Å². The lowest BCUT2D eigenvalue weighted by atomic mass is 10.1. The Hall–Kier alpha value is -2.35. The highest BCUT2D eigenvalue weighted by Gasteiger charge is 2.44. The largest absolute Gasteiger partial charge is 0.325 e. The van der Waals surface area contributed by atoms with E-state index in [9.17, 15) is 9.59 Å². The van der Waals surface area contributed by atoms with Crippen LogP contribution in [0.15, 0.2) is 24.3 Å². The molecule has 0 aromatic heterocycles. The van der Waals surface area contributed by atoms with E-state index >= 15 is 0 Å². The molecular formula is C13H13N3O2. The minimum Gasteiger partial charge on any atom is -0.324 e. The van der Waals surface area contributed by atoms with Gasteiger partial charge in [0, 0.05) is 0 Å². The lowest BCUT2D eigenvalue weighted by Gasteiger charge is -2.16. The number of urea groups is 1. The topological polar surface area (TPSA) is 73.2 Å². The summed E-state index contributed by atoms with van der Waals surface area (Å²) in [5.74, 6) is -0.278. The molecule has 0 radical (unpaired) electrons. The molecule has 92 valence electrons. The Morgan fingerprint density at radius 3 is 2.56 bits per heavy atom. The number of nitrogens with one attached hydrogen (secondary N) is 1. The predicted octanol–water partition coefficient (Wildman–Crippen LogP) is 1.39. The molecule has 3 amide bonds. The molecule has 1 N–H and O–H groups in total. The van der Waals surface area contributed by atoms with Gasteiger partial charge in [-0.15, -0.1) is 0 Å². The van der Waals surface area contributed by atoms with Crippen molar-refractivity contribution in [3.8, 4) is 6.07 Å². The normalized spacial score (nSPS) is 17.5. The molecule has 1 fully saturated rings. The molecule has 1 aromatic rings. The van der Waals surface area contributed by atoms with Gasteiger partial charge in [-0.2, -0.15) is 5.26 Å². The molecule has 0 aliphatic carbocycles. The van der Waals surface area contributed by atoms with Gasteiger partial charge in [-0.05, 0) is 25.5 Å². The number of carbonyl (C=O) groups is 2. The third-order valence-electron chi connectivity index (χ3n) is 2.91. The molecule has 1 aromatic carbocycles. The summed E-state index contributed by atoms with van der Waals surface area (Å²) in [6, 6.07) is 8.56. The monoisotopic (exact) mass is 243 g/mol. The summed E-state index contributed by atoms with van der Waals surface area (Å²) in [5, 5.41) is 11.6. The first-order valence-electron chi connectivity index (χ1n) is 5.58. The van der Waals surface area contributed by atoms with Crippen LogP contribution in [-0.2, 0) is 11.3 Å². The van der Waals surface area contributed by atoms with Crippen molar-refractivity contribution in [3.63, 3.8) is 0 Å². The van der Waals surface area contributed by atoms with E-state index in [1.54, 1.807) is 38.1 Å². The first-order valence-corrected chi connectivity index (χ1v) is 5.58. The van der Waals surface area contributed by atoms with E-state index in [0.717, 1.165) is 4.90 Å². The van der Waals surface area contributed by atoms with E-state index in [1.807, 2.05) is 0 Å². The molecule has 1 aliphatic rings. The van der Waals surface area contributed by atoms with Gasteiger partial charge in [-0.1, -0.05) is 18.2 Å². The van der Waals surface area contributed by atoms with Crippen LogP contribution in [0.5, 0.6) is 0 Å². The number of hydrogen-bond acceptors (Lipinski definition) is 3. The quantitative estimate of drug-likeness (QED) is 0.798. The summed E-state index contributed by atoms with van der Waals surface area (Å²) >= 11 is 0. The Balaban J connectivity index is 2.28. The van der Waals surface area contributed by atoms with Crippen molar-refractivity contribution >= 4 is 11.9 Å². The maximum atomic E-state index is 12.0. The Morgan fingerprint density at radius 1 is 1.33 bits per heavy atom. The van der Waals surface area contributed by atoms with Gasteiger partial charge in [0.15, 0.2) is 0 Å². The smallest absolute Gasteiger partial charge is 0.324 e. The summed E-state index contributed by atoms with van der Waals surface area (Å²) in [5.41, 5.74) is 0.266. The molecule has 0 spiro atoms. The highest BCUT2D eigenvalue weighted by molar-refractivity contribution is 6.06. The van der Waals surface area contributed by atoms with Gasteiger partial charge in [0.1, 0.15) is 5.54 Å². The van der Waals surface area contributed by atoms with E-state index in [4.69, 9.17) is 5.26 Å². The van der Waals surface area contributed by atoms with E-state index in [1.165, 1.54) is 0 Å². The van der Waals surface area contributed by atoms with Gasteiger partial charge in [-0.25, -0.2) is 4.79 Å². The summed E-state index contributed by atoms with van der Waals surface area (Å²) < 4.78 is 0. The van der Waals surface area contributed by atoms with Crippen molar-refractivity contribution in [1.29, 1.82) is 5.26 Å². The highest BCUT2D eigenvalue weighted by Crippen LogP contribution is 2.20. The van der Waals surface area contributed by atoms with Gasteiger partial charge < -0.3 is 5.32 Å². The van der Waals surface area contributed by atoms with E-state index in [2.05, 4.69) is 11.4 Å². The highest BCUT2D eigenvalue weighted by atomic mass is 16.2. The Kier molecular flexibility index (Phi) is 2.79. The second kappa shape index (κ2) is 4.15. The molecule has 2 rings (SSSR count). The third-order valence-corrected chi connectivity index (χ3v) is 2.91. The van der Waals surface area contributed by atoms with Crippen LogP contribution in [0.2, 0.25) is 0 Å². The average molecular weight is 243 g/mol. The summed E-state index contributed by atoms with van der Waals surface area (Å²) in [7, 11) is 0. The van der Waals surface area contributed by atoms with E-state index in [-0.39, 0.29) is 12.5 Å². The first kappa shape index (κ1) is 12.1. The average Bonchev–Trinajstić information content (AvgIpc) is 2.52. The first-order chi connectivity index (χ1) is 8.45. The number of hydrogen-bond donors (Lipinski definition) is 1. The molecule has 0 bridgehead atoms. The molecule has 1 saturated heterocycles. The molecule has 0 unspecified atom stereocenters. The van der Waals surface area contributed by atoms with Crippen LogP contribution in [0, 0.1) is 11.3 Å². The maximum absolute atomic E-state index is 12.0. The van der Waals surface area contributed by atoms with Crippen LogP contribution in [-0.4, -0.2) is 22.4 Å². The molecular weight excluding hydrogens is 230 g/mol. The Bertz CT molecular complexity index is 558. The number of benzene rings is 1. The second-order valence-electron chi connectivity index (χ2n) is 4.72. The fourth-order valence-electron chi connectivity index (χ4n) is 1.90. The van der Waals surface area contributed by atoms with Crippen molar-refractivity contribution < 1.29 is 9.59 Å². The lowest BCUT2D eigenvalue weighted by molar-refractivity contribution is -0.130. The van der Waals surface area contributed by atoms with E-state index in [0.29, 0.717) is 11.1 Å². The molecule has 18 heavy (non-hydrogen) atoms. The number of rotatable bonds is 2. The van der Waals surface area contributed by atoms with Gasteiger partial charge in [0.25, 0.3) is 5.91 Å². The van der Waals surface area contributed by atoms with Crippen LogP contribution in [0.25, 0.3) is 0 Å². The molecule has 5 heteroatoms. The molecule has 1 heterocycles. The van der Waals surface area contributed by atoms with Gasteiger partial charge in [0.2, 0.25) is 0 Å². The third kappa shape index (κ3) is 1.93. The van der Waals surface area contributed by atoms with Crippen LogP contribution >= 0.6 is 0 Å². The minimum absolute atomic E-state index is 0.123. The Labute approximate surface area is 105 Å². The number of amides is 3. The van der Waals surface area contributed by atoms with Crippen molar-refractivity contribution in [2.75, 3.05) is 0 Å². The number of nitrogens with zero attached hydrogens (tertiary/aromatic N) is 2. The van der Waals surface area contributed by atoms with E-state index < -0.39 is 11.6 Å². The zero-order valence-electron chi connectivity index (χ0n) is 10.2. The minimum atomic E-state index is -0.876. The van der Waals surface area contributed by atoms with Crippen molar-refractivity contribution in [2.45, 2.75) is 25.9 Å². The zero-order valence-corrected chi connectivity index (χ0v) is 10.2.